The summed E-state index contributed by atoms with van der Waals surface area (Å²) in [5, 5.41) is 21.7. The number of allylic oxidation sites excluding steroid dienone is 4. The molecule has 0 amide bonds. The van der Waals surface area contributed by atoms with Gasteiger partial charge in [-0.05, 0) is 49.8 Å². The second-order valence-corrected chi connectivity index (χ2v) is 14.2. The van der Waals surface area contributed by atoms with Crippen LogP contribution in [0.3, 0.4) is 0 Å². The van der Waals surface area contributed by atoms with Crippen molar-refractivity contribution in [2.45, 2.75) is 63.6 Å². The molecule has 0 bridgehead atoms. The summed E-state index contributed by atoms with van der Waals surface area (Å²) in [5.41, 5.74) is -7.13. The monoisotopic (exact) mass is 625 g/mol. The number of carbonyl (C=O) groups excluding carboxylic acids is 3. The summed E-state index contributed by atoms with van der Waals surface area (Å²) >= 11 is 7.92. The lowest BCUT2D eigenvalue weighted by molar-refractivity contribution is -0.221. The minimum Gasteiger partial charge on any atom is -0.493 e. The topological polar surface area (TPSA) is 114 Å². The number of ether oxygens (including phenoxy) is 2. The molecule has 7 nitrogen and oxygen atoms in total. The minimum absolute atomic E-state index is 0.00257. The van der Waals surface area contributed by atoms with E-state index in [1.54, 1.807) is 13.8 Å². The van der Waals surface area contributed by atoms with Crippen LogP contribution in [-0.2, 0) is 14.3 Å². The Balaban J connectivity index is 1.64. The van der Waals surface area contributed by atoms with Gasteiger partial charge in [-0.25, -0.2) is 13.6 Å². The van der Waals surface area contributed by atoms with Crippen LogP contribution in [0.15, 0.2) is 29.2 Å². The summed E-state index contributed by atoms with van der Waals surface area (Å²) in [4.78, 5) is 39.8. The quantitative estimate of drug-likeness (QED) is 0.418. The Bertz CT molecular complexity index is 1420. The molecule has 0 aliphatic heterocycles. The molecule has 3 saturated carbocycles. The van der Waals surface area contributed by atoms with Crippen LogP contribution in [0.2, 0.25) is 4.34 Å². The predicted octanol–water partition coefficient (Wildman–Crippen LogP) is 5.65. The van der Waals surface area contributed by atoms with Crippen molar-refractivity contribution in [2.24, 2.45) is 28.6 Å². The Labute approximate surface area is 249 Å². The van der Waals surface area contributed by atoms with Crippen molar-refractivity contribution in [1.82, 2.24) is 0 Å². The Morgan fingerprint density at radius 1 is 1.32 bits per heavy atom. The van der Waals surface area contributed by atoms with Gasteiger partial charge in [0.2, 0.25) is 5.12 Å². The molecule has 1 aromatic heterocycles. The van der Waals surface area contributed by atoms with Crippen molar-refractivity contribution >= 4 is 51.6 Å². The van der Waals surface area contributed by atoms with Gasteiger partial charge in [-0.1, -0.05) is 43.3 Å². The van der Waals surface area contributed by atoms with Gasteiger partial charge < -0.3 is 14.6 Å². The van der Waals surface area contributed by atoms with Crippen LogP contribution in [-0.4, -0.2) is 58.4 Å². The number of hydrogen-bond donors (Lipinski definition) is 1. The van der Waals surface area contributed by atoms with E-state index < -0.39 is 69.0 Å². The maximum absolute atomic E-state index is 17.6. The number of aliphatic hydroxyl groups is 1. The van der Waals surface area contributed by atoms with Gasteiger partial charge in [0.1, 0.15) is 16.1 Å². The standard InChI is InChI=1S/C29H30ClF2NO6S2/c1-14-9-17-18-11-20(31)19-10-15(34)5-6-26(19,2)28(18,32)21(35)12-27(17,3)29(14,25(37)40-8-7-33)39-24(36)16-13-41-23(30)22(16)38-4/h5-6,10,13-14,17-18,20-21,35H,8-9,11-12H2,1-4H3/t14-,17+,18+,20+,21+,26+,27+,28+,29+/m1/s1. The molecular weight excluding hydrogens is 596 g/mol. The average molecular weight is 626 g/mol. The molecule has 0 radical (unpaired) electrons. The fourth-order valence-corrected chi connectivity index (χ4v) is 10.2. The minimum atomic E-state index is -2.35. The van der Waals surface area contributed by atoms with Crippen molar-refractivity contribution in [3.63, 3.8) is 0 Å². The first-order valence-electron chi connectivity index (χ1n) is 13.3. The summed E-state index contributed by atoms with van der Waals surface area (Å²) < 4.78 is 45.0. The number of rotatable bonds is 5. The highest BCUT2D eigenvalue weighted by Gasteiger charge is 2.78. The third-order valence-electron chi connectivity index (χ3n) is 10.1. The van der Waals surface area contributed by atoms with Crippen LogP contribution in [0.1, 0.15) is 50.4 Å². The van der Waals surface area contributed by atoms with E-state index in [0.29, 0.717) is 11.8 Å². The van der Waals surface area contributed by atoms with Gasteiger partial charge >= 0.3 is 5.97 Å². The SMILES string of the molecule is COc1c(C(=O)O[C@]2(C(=O)SCC#N)[C@H](C)C[C@H]3[C@@H]4C[C@H](F)C5=CC(=O)C=C[C@]5(C)[C@@]4(F)[C@@H](O)C[C@@]32C)csc1Cl. The normalized spacial score (nSPS) is 41.0. The van der Waals surface area contributed by atoms with Gasteiger partial charge in [-0.3, -0.25) is 9.59 Å². The molecule has 1 aromatic rings. The van der Waals surface area contributed by atoms with E-state index in [2.05, 4.69) is 0 Å². The molecular formula is C29H30ClF2NO6S2. The van der Waals surface area contributed by atoms with Crippen molar-refractivity contribution < 1.29 is 37.7 Å². The molecule has 220 valence electrons. The number of esters is 1. The lowest BCUT2D eigenvalue weighted by Gasteiger charge is -2.63. The van der Waals surface area contributed by atoms with Gasteiger partial charge in [0, 0.05) is 28.0 Å². The second-order valence-electron chi connectivity index (χ2n) is 11.8. The molecule has 1 N–H and O–H groups in total. The predicted molar refractivity (Wildman–Crippen MR) is 150 cm³/mol. The molecule has 1 heterocycles. The summed E-state index contributed by atoms with van der Waals surface area (Å²) in [6.45, 7) is 4.90. The number of nitrogens with zero attached hydrogens (tertiary/aromatic N) is 1. The maximum Gasteiger partial charge on any atom is 0.343 e. The lowest BCUT2D eigenvalue weighted by atomic mass is 9.44. The highest BCUT2D eigenvalue weighted by Crippen LogP contribution is 2.72. The zero-order valence-electron chi connectivity index (χ0n) is 22.9. The number of thiophene rings is 1. The molecule has 3 fully saturated rings. The molecule has 0 spiro atoms. The first kappa shape index (κ1) is 30.2. The van der Waals surface area contributed by atoms with E-state index in [-0.39, 0.29) is 46.2 Å². The van der Waals surface area contributed by atoms with Crippen molar-refractivity contribution in [3.05, 3.63) is 39.1 Å². The molecule has 12 heteroatoms. The van der Waals surface area contributed by atoms with E-state index in [0.717, 1.165) is 17.4 Å². The number of alkyl halides is 2. The van der Waals surface area contributed by atoms with Crippen LogP contribution in [0.25, 0.3) is 0 Å². The lowest BCUT2D eigenvalue weighted by Crippen LogP contribution is -2.70. The average Bonchev–Trinajstić information content (AvgIpc) is 3.40. The molecule has 4 aliphatic carbocycles. The number of nitriles is 1. The number of methoxy groups -OCH3 is 1. The largest absolute Gasteiger partial charge is 0.493 e. The van der Waals surface area contributed by atoms with Gasteiger partial charge in [0.25, 0.3) is 0 Å². The van der Waals surface area contributed by atoms with E-state index in [1.807, 2.05) is 6.07 Å². The van der Waals surface area contributed by atoms with Crippen molar-refractivity contribution in [2.75, 3.05) is 12.9 Å². The van der Waals surface area contributed by atoms with Gasteiger partial charge in [0.05, 0.1) is 25.0 Å². The maximum atomic E-state index is 17.6. The van der Waals surface area contributed by atoms with Gasteiger partial charge in [-0.2, -0.15) is 5.26 Å². The Morgan fingerprint density at radius 2 is 2.02 bits per heavy atom. The summed E-state index contributed by atoms with van der Waals surface area (Å²) in [6, 6.07) is 1.92. The van der Waals surface area contributed by atoms with Gasteiger partial charge in [-0.15, -0.1) is 11.3 Å². The number of aliphatic hydroxyl groups excluding tert-OH is 1. The highest BCUT2D eigenvalue weighted by molar-refractivity contribution is 8.14. The van der Waals surface area contributed by atoms with Gasteiger partial charge in [0.15, 0.2) is 22.8 Å². The zero-order chi connectivity index (χ0) is 30.1. The summed E-state index contributed by atoms with van der Waals surface area (Å²) in [6.07, 6.45) is -0.0381. The Morgan fingerprint density at radius 3 is 2.68 bits per heavy atom. The molecule has 0 aromatic carbocycles. The Hall–Kier alpha value is -2.26. The number of thioether (sulfide) groups is 1. The molecule has 9 atom stereocenters. The van der Waals surface area contributed by atoms with Crippen molar-refractivity contribution in [3.8, 4) is 11.8 Å². The smallest absolute Gasteiger partial charge is 0.343 e. The first-order chi connectivity index (χ1) is 19.2. The second kappa shape index (κ2) is 10.2. The first-order valence-corrected chi connectivity index (χ1v) is 15.5. The van der Waals surface area contributed by atoms with Crippen LogP contribution >= 0.6 is 34.7 Å². The number of fused-ring (bicyclic) bond motifs is 5. The van der Waals surface area contributed by atoms with Crippen LogP contribution in [0.5, 0.6) is 5.75 Å². The number of halogens is 3. The fraction of sp³-hybridized carbons (Fsp3) is 0.586. The van der Waals surface area contributed by atoms with Crippen LogP contribution < -0.4 is 4.74 Å². The highest BCUT2D eigenvalue weighted by atomic mass is 35.5. The van der Waals surface area contributed by atoms with Crippen LogP contribution in [0, 0.1) is 39.9 Å². The third-order valence-corrected chi connectivity index (χ3v) is 12.1. The summed E-state index contributed by atoms with van der Waals surface area (Å²) in [5.74, 6) is -3.85. The third kappa shape index (κ3) is 3.93. The number of ketones is 1. The van der Waals surface area contributed by atoms with E-state index in [4.69, 9.17) is 21.1 Å². The molecule has 41 heavy (non-hydrogen) atoms. The van der Waals surface area contributed by atoms with Crippen molar-refractivity contribution in [1.29, 1.82) is 5.26 Å². The fourth-order valence-electron chi connectivity index (χ4n) is 8.28. The molecule has 5 rings (SSSR count). The number of carbonyl (C=O) groups is 3. The Kier molecular flexibility index (Phi) is 7.50. The van der Waals surface area contributed by atoms with E-state index in [9.17, 15) is 24.8 Å². The molecule has 0 saturated heterocycles. The van der Waals surface area contributed by atoms with E-state index >= 15 is 8.78 Å². The van der Waals surface area contributed by atoms with Crippen LogP contribution in [0.4, 0.5) is 8.78 Å². The van der Waals surface area contributed by atoms with E-state index in [1.165, 1.54) is 31.6 Å². The molecule has 0 unspecified atom stereocenters. The number of hydrogen-bond acceptors (Lipinski definition) is 9. The summed E-state index contributed by atoms with van der Waals surface area (Å²) in [7, 11) is 1.34. The molecule has 4 aliphatic rings. The zero-order valence-corrected chi connectivity index (χ0v) is 25.3.